The second-order valence-corrected chi connectivity index (χ2v) is 7.44. The van der Waals surface area contributed by atoms with Gasteiger partial charge in [0.1, 0.15) is 5.25 Å². The van der Waals surface area contributed by atoms with Crippen molar-refractivity contribution in [2.24, 2.45) is 0 Å². The first kappa shape index (κ1) is 18.0. The van der Waals surface area contributed by atoms with E-state index in [-0.39, 0.29) is 5.25 Å². The highest BCUT2D eigenvalue weighted by molar-refractivity contribution is 8.00. The summed E-state index contributed by atoms with van der Waals surface area (Å²) in [4.78, 5) is 0. The van der Waals surface area contributed by atoms with Gasteiger partial charge >= 0.3 is 0 Å². The molecule has 0 spiro atoms. The summed E-state index contributed by atoms with van der Waals surface area (Å²) in [5.41, 5.74) is 3.10. The number of hydrogen-bond acceptors (Lipinski definition) is 4. The van der Waals surface area contributed by atoms with Crippen molar-refractivity contribution in [3.05, 3.63) is 96.6 Å². The molecular weight excluding hydrogens is 364 g/mol. The molecule has 5 heteroatoms. The first-order chi connectivity index (χ1) is 13.8. The Labute approximate surface area is 168 Å². The number of para-hydroxylation sites is 1. The van der Waals surface area contributed by atoms with Gasteiger partial charge in [-0.15, -0.1) is 10.2 Å². The minimum absolute atomic E-state index is 0.252. The fraction of sp³-hybridized carbons (Fsp3) is 0.0870. The van der Waals surface area contributed by atoms with Gasteiger partial charge in [0.05, 0.1) is 6.07 Å². The highest BCUT2D eigenvalue weighted by atomic mass is 32.2. The molecule has 28 heavy (non-hydrogen) atoms. The fourth-order valence-corrected chi connectivity index (χ4v) is 3.97. The SMILES string of the molecule is N#C[C@H](Cc1ccccc1)Sc1nnc(-c2ccccc2)n1-c1ccccc1. The van der Waals surface area contributed by atoms with Gasteiger partial charge in [0.25, 0.3) is 0 Å². The summed E-state index contributed by atoms with van der Waals surface area (Å²) in [6, 6.07) is 32.5. The molecule has 0 unspecified atom stereocenters. The minimum atomic E-state index is -0.252. The topological polar surface area (TPSA) is 54.5 Å². The Morgan fingerprint density at radius 3 is 2.07 bits per heavy atom. The molecule has 136 valence electrons. The van der Waals surface area contributed by atoms with Crippen LogP contribution >= 0.6 is 11.8 Å². The lowest BCUT2D eigenvalue weighted by Gasteiger charge is -2.12. The number of aromatic nitrogens is 3. The normalized spacial score (nSPS) is 11.7. The Morgan fingerprint density at radius 1 is 0.821 bits per heavy atom. The molecule has 4 rings (SSSR count). The van der Waals surface area contributed by atoms with Crippen LogP contribution in [-0.2, 0) is 6.42 Å². The molecule has 0 amide bonds. The summed E-state index contributed by atoms with van der Waals surface area (Å²) >= 11 is 1.45. The molecule has 0 bridgehead atoms. The molecule has 1 aromatic heterocycles. The Balaban J connectivity index is 1.71. The van der Waals surface area contributed by atoms with Gasteiger partial charge in [-0.05, 0) is 24.1 Å². The zero-order valence-corrected chi connectivity index (χ0v) is 16.0. The molecule has 0 radical (unpaired) electrons. The predicted molar refractivity (Wildman–Crippen MR) is 112 cm³/mol. The largest absolute Gasteiger partial charge is 0.270 e. The molecule has 3 aromatic carbocycles. The van der Waals surface area contributed by atoms with Crippen molar-refractivity contribution >= 4 is 11.8 Å². The van der Waals surface area contributed by atoms with Gasteiger partial charge in [0.15, 0.2) is 11.0 Å². The first-order valence-corrected chi connectivity index (χ1v) is 9.89. The number of nitrogens with zero attached hydrogens (tertiary/aromatic N) is 4. The summed E-state index contributed by atoms with van der Waals surface area (Å²) < 4.78 is 2.02. The third kappa shape index (κ3) is 3.98. The second kappa shape index (κ2) is 8.55. The van der Waals surface area contributed by atoms with Crippen molar-refractivity contribution in [2.75, 3.05) is 0 Å². The van der Waals surface area contributed by atoms with Gasteiger partial charge in [-0.2, -0.15) is 5.26 Å². The summed E-state index contributed by atoms with van der Waals surface area (Å²) in [7, 11) is 0. The highest BCUT2D eigenvalue weighted by Crippen LogP contribution is 2.31. The van der Waals surface area contributed by atoms with Crippen molar-refractivity contribution in [3.63, 3.8) is 0 Å². The van der Waals surface area contributed by atoms with Crippen LogP contribution in [0.25, 0.3) is 17.1 Å². The van der Waals surface area contributed by atoms with Gasteiger partial charge in [-0.1, -0.05) is 90.6 Å². The fourth-order valence-electron chi connectivity index (χ4n) is 3.00. The van der Waals surface area contributed by atoms with Crippen LogP contribution in [0.4, 0.5) is 0 Å². The Morgan fingerprint density at radius 2 is 1.43 bits per heavy atom. The lowest BCUT2D eigenvalue weighted by molar-refractivity contribution is 0.878. The molecule has 0 saturated carbocycles. The average molecular weight is 382 g/mol. The van der Waals surface area contributed by atoms with Gasteiger partial charge < -0.3 is 0 Å². The molecule has 0 aliphatic rings. The van der Waals surface area contributed by atoms with Crippen LogP contribution in [0.15, 0.2) is 96.2 Å². The van der Waals surface area contributed by atoms with Gasteiger partial charge in [-0.25, -0.2) is 0 Å². The van der Waals surface area contributed by atoms with Gasteiger partial charge in [-0.3, -0.25) is 4.57 Å². The maximum Gasteiger partial charge on any atom is 0.197 e. The van der Waals surface area contributed by atoms with Crippen molar-refractivity contribution in [1.29, 1.82) is 5.26 Å². The van der Waals surface area contributed by atoms with Crippen molar-refractivity contribution in [3.8, 4) is 23.1 Å². The van der Waals surface area contributed by atoms with Crippen LogP contribution in [0, 0.1) is 11.3 Å². The van der Waals surface area contributed by atoms with Crippen molar-refractivity contribution < 1.29 is 0 Å². The van der Waals surface area contributed by atoms with E-state index < -0.39 is 0 Å². The van der Waals surface area contributed by atoms with E-state index in [9.17, 15) is 5.26 Å². The van der Waals surface area contributed by atoms with E-state index in [2.05, 4.69) is 16.3 Å². The van der Waals surface area contributed by atoms with Crippen molar-refractivity contribution in [2.45, 2.75) is 16.8 Å². The van der Waals surface area contributed by atoms with E-state index in [1.54, 1.807) is 0 Å². The molecule has 0 fully saturated rings. The first-order valence-electron chi connectivity index (χ1n) is 9.01. The zero-order chi connectivity index (χ0) is 19.2. The smallest absolute Gasteiger partial charge is 0.197 e. The van der Waals surface area contributed by atoms with E-state index >= 15 is 0 Å². The van der Waals surface area contributed by atoms with Crippen LogP contribution in [0.3, 0.4) is 0 Å². The number of hydrogen-bond donors (Lipinski definition) is 0. The summed E-state index contributed by atoms with van der Waals surface area (Å²) in [6.07, 6.45) is 0.657. The third-order valence-corrected chi connectivity index (χ3v) is 5.37. The van der Waals surface area contributed by atoms with Crippen LogP contribution in [-0.4, -0.2) is 20.0 Å². The van der Waals surface area contributed by atoms with E-state index in [1.165, 1.54) is 11.8 Å². The lowest BCUT2D eigenvalue weighted by Crippen LogP contribution is -2.07. The van der Waals surface area contributed by atoms with E-state index in [0.717, 1.165) is 22.6 Å². The Hall–Kier alpha value is -3.36. The van der Waals surface area contributed by atoms with E-state index in [4.69, 9.17) is 0 Å². The maximum atomic E-state index is 9.71. The molecule has 4 aromatic rings. The molecular formula is C23H18N4S. The van der Waals surface area contributed by atoms with Crippen LogP contribution in [0.1, 0.15) is 5.56 Å². The molecule has 4 nitrogen and oxygen atoms in total. The maximum absolute atomic E-state index is 9.71. The monoisotopic (exact) mass is 382 g/mol. The standard InChI is InChI=1S/C23H18N4S/c24-17-21(16-18-10-4-1-5-11-18)28-23-26-25-22(19-12-6-2-7-13-19)27(23)20-14-8-3-9-15-20/h1-15,21H,16H2/t21-/m0/s1. The Bertz CT molecular complexity index is 1070. The van der Waals surface area contributed by atoms with E-state index in [0.29, 0.717) is 11.6 Å². The minimum Gasteiger partial charge on any atom is -0.270 e. The molecule has 1 atom stereocenters. The number of thioether (sulfide) groups is 1. The summed E-state index contributed by atoms with van der Waals surface area (Å²) in [5, 5.41) is 19.0. The quantitative estimate of drug-likeness (QED) is 0.432. The van der Waals surface area contributed by atoms with Crippen LogP contribution in [0.2, 0.25) is 0 Å². The average Bonchev–Trinajstić information content (AvgIpc) is 3.19. The number of benzene rings is 3. The molecule has 0 aliphatic heterocycles. The third-order valence-electron chi connectivity index (χ3n) is 4.34. The second-order valence-electron chi connectivity index (χ2n) is 6.27. The van der Waals surface area contributed by atoms with Crippen LogP contribution < -0.4 is 0 Å². The molecule has 1 heterocycles. The Kier molecular flexibility index (Phi) is 5.51. The number of rotatable bonds is 6. The summed E-state index contributed by atoms with van der Waals surface area (Å²) in [5.74, 6) is 0.769. The lowest BCUT2D eigenvalue weighted by atomic mass is 10.1. The molecule has 0 saturated heterocycles. The van der Waals surface area contributed by atoms with E-state index in [1.807, 2.05) is 95.6 Å². The zero-order valence-electron chi connectivity index (χ0n) is 15.1. The predicted octanol–water partition coefficient (Wildman–Crippen LogP) is 5.16. The van der Waals surface area contributed by atoms with Gasteiger partial charge in [0, 0.05) is 11.3 Å². The highest BCUT2D eigenvalue weighted by Gasteiger charge is 2.20. The molecule has 0 N–H and O–H groups in total. The van der Waals surface area contributed by atoms with Crippen LogP contribution in [0.5, 0.6) is 0 Å². The number of nitriles is 1. The summed E-state index contributed by atoms with van der Waals surface area (Å²) in [6.45, 7) is 0. The van der Waals surface area contributed by atoms with Crippen molar-refractivity contribution in [1.82, 2.24) is 14.8 Å². The van der Waals surface area contributed by atoms with Gasteiger partial charge in [0.2, 0.25) is 0 Å². The molecule has 0 aliphatic carbocycles.